The molecule has 10 heteroatoms. The number of aromatic nitrogens is 5. The number of H-pyrrole nitrogens is 1. The number of rotatable bonds is 5. The van der Waals surface area contributed by atoms with E-state index in [9.17, 15) is 9.59 Å². The van der Waals surface area contributed by atoms with Gasteiger partial charge in [0.25, 0.3) is 5.91 Å². The van der Waals surface area contributed by atoms with Crippen LogP contribution in [0.1, 0.15) is 44.2 Å². The summed E-state index contributed by atoms with van der Waals surface area (Å²) in [5.41, 5.74) is 3.89. The Bertz CT molecular complexity index is 1020. The van der Waals surface area contributed by atoms with E-state index >= 15 is 0 Å². The van der Waals surface area contributed by atoms with Gasteiger partial charge in [-0.3, -0.25) is 19.9 Å². The van der Waals surface area contributed by atoms with E-state index in [1.807, 2.05) is 25.5 Å². The van der Waals surface area contributed by atoms with E-state index < -0.39 is 11.9 Å². The first-order valence-corrected chi connectivity index (χ1v) is 9.14. The standard InChI is InChI=1S/C17H20N6O3S/c1-6-23-9(3)13(8(2)22-23)11-7-12(21-20-11)15(24)19-17-18-14(10(4)27-17)16(25)26-5/h7H,6H2,1-5H3,(H,20,21)(H,18,19,24). The first kappa shape index (κ1) is 18.8. The number of thiazole rings is 1. The lowest BCUT2D eigenvalue weighted by molar-refractivity contribution is 0.0594. The first-order valence-electron chi connectivity index (χ1n) is 8.32. The van der Waals surface area contributed by atoms with Crippen molar-refractivity contribution in [3.8, 4) is 11.3 Å². The van der Waals surface area contributed by atoms with Crippen molar-refractivity contribution >= 4 is 28.3 Å². The molecule has 3 heterocycles. The molecule has 3 aromatic rings. The van der Waals surface area contributed by atoms with Crippen LogP contribution in [0.3, 0.4) is 0 Å². The zero-order chi connectivity index (χ0) is 19.7. The number of nitrogens with one attached hydrogen (secondary N) is 2. The topological polar surface area (TPSA) is 115 Å². The van der Waals surface area contributed by atoms with Crippen LogP contribution >= 0.6 is 11.3 Å². The maximum atomic E-state index is 12.5. The Hall–Kier alpha value is -3.01. The lowest BCUT2D eigenvalue weighted by Gasteiger charge is -1.99. The van der Waals surface area contributed by atoms with Crippen LogP contribution < -0.4 is 5.32 Å². The van der Waals surface area contributed by atoms with Gasteiger partial charge in [0, 0.05) is 22.7 Å². The summed E-state index contributed by atoms with van der Waals surface area (Å²) >= 11 is 1.20. The van der Waals surface area contributed by atoms with Gasteiger partial charge < -0.3 is 4.74 Å². The van der Waals surface area contributed by atoms with E-state index in [1.54, 1.807) is 13.0 Å². The molecule has 0 saturated heterocycles. The van der Waals surface area contributed by atoms with E-state index in [2.05, 4.69) is 30.3 Å². The van der Waals surface area contributed by atoms with Gasteiger partial charge >= 0.3 is 5.97 Å². The van der Waals surface area contributed by atoms with E-state index in [1.165, 1.54) is 18.4 Å². The molecular formula is C17H20N6O3S. The second-order valence-electron chi connectivity index (χ2n) is 5.90. The van der Waals surface area contributed by atoms with E-state index in [0.717, 1.165) is 23.5 Å². The molecule has 27 heavy (non-hydrogen) atoms. The summed E-state index contributed by atoms with van der Waals surface area (Å²) in [5.74, 6) is -0.927. The molecule has 0 aliphatic carbocycles. The van der Waals surface area contributed by atoms with Crippen molar-refractivity contribution in [2.24, 2.45) is 0 Å². The Morgan fingerprint density at radius 2 is 2.07 bits per heavy atom. The van der Waals surface area contributed by atoms with Crippen LogP contribution in [0, 0.1) is 20.8 Å². The van der Waals surface area contributed by atoms with Gasteiger partial charge in [-0.25, -0.2) is 9.78 Å². The van der Waals surface area contributed by atoms with Crippen molar-refractivity contribution in [3.63, 3.8) is 0 Å². The third kappa shape index (κ3) is 3.47. The van der Waals surface area contributed by atoms with Crippen molar-refractivity contribution in [3.05, 3.63) is 33.7 Å². The van der Waals surface area contributed by atoms with Crippen LogP contribution in [0.4, 0.5) is 5.13 Å². The average molecular weight is 388 g/mol. The molecule has 0 aromatic carbocycles. The number of hydrogen-bond donors (Lipinski definition) is 2. The number of anilines is 1. The van der Waals surface area contributed by atoms with Crippen molar-refractivity contribution in [1.82, 2.24) is 25.0 Å². The zero-order valence-electron chi connectivity index (χ0n) is 15.7. The number of nitrogens with zero attached hydrogens (tertiary/aromatic N) is 4. The molecule has 0 fully saturated rings. The largest absolute Gasteiger partial charge is 0.464 e. The molecule has 1 amide bonds. The fourth-order valence-corrected chi connectivity index (χ4v) is 3.64. The molecule has 0 saturated carbocycles. The maximum Gasteiger partial charge on any atom is 0.357 e. The minimum absolute atomic E-state index is 0.196. The van der Waals surface area contributed by atoms with Gasteiger partial charge in [0.05, 0.1) is 18.5 Å². The molecule has 0 aliphatic heterocycles. The normalized spacial score (nSPS) is 10.9. The summed E-state index contributed by atoms with van der Waals surface area (Å²) in [6, 6.07) is 1.67. The second kappa shape index (κ2) is 7.31. The van der Waals surface area contributed by atoms with Gasteiger partial charge in [-0.15, -0.1) is 11.3 Å². The summed E-state index contributed by atoms with van der Waals surface area (Å²) in [7, 11) is 1.29. The number of aromatic amines is 1. The SMILES string of the molecule is CCn1nc(C)c(-c2cc(C(=O)Nc3nc(C(=O)OC)c(C)s3)[nH]n2)c1C. The van der Waals surface area contributed by atoms with Crippen LogP contribution in [0.25, 0.3) is 11.3 Å². The fourth-order valence-electron chi connectivity index (χ4n) is 2.84. The number of hydrogen-bond acceptors (Lipinski definition) is 7. The number of amides is 1. The Balaban J connectivity index is 1.82. The Morgan fingerprint density at radius 1 is 1.33 bits per heavy atom. The molecule has 0 bridgehead atoms. The van der Waals surface area contributed by atoms with Crippen molar-refractivity contribution in [2.45, 2.75) is 34.2 Å². The van der Waals surface area contributed by atoms with E-state index in [0.29, 0.717) is 21.4 Å². The zero-order valence-corrected chi connectivity index (χ0v) is 16.5. The fraction of sp³-hybridized carbons (Fsp3) is 0.353. The van der Waals surface area contributed by atoms with E-state index in [4.69, 9.17) is 0 Å². The van der Waals surface area contributed by atoms with Crippen LogP contribution in [-0.4, -0.2) is 43.9 Å². The third-order valence-corrected chi connectivity index (χ3v) is 5.04. The number of esters is 1. The van der Waals surface area contributed by atoms with Crippen molar-refractivity contribution in [2.75, 3.05) is 12.4 Å². The lowest BCUT2D eigenvalue weighted by atomic mass is 10.1. The summed E-state index contributed by atoms with van der Waals surface area (Å²) in [6.45, 7) is 8.40. The number of methoxy groups -OCH3 is 1. The molecule has 142 valence electrons. The summed E-state index contributed by atoms with van der Waals surface area (Å²) < 4.78 is 6.57. The Kier molecular flexibility index (Phi) is 5.08. The highest BCUT2D eigenvalue weighted by molar-refractivity contribution is 7.16. The summed E-state index contributed by atoms with van der Waals surface area (Å²) in [4.78, 5) is 28.9. The van der Waals surface area contributed by atoms with Gasteiger partial charge in [-0.2, -0.15) is 10.2 Å². The van der Waals surface area contributed by atoms with E-state index in [-0.39, 0.29) is 5.69 Å². The molecule has 0 spiro atoms. The average Bonchev–Trinajstić information content (AvgIpc) is 3.32. The minimum Gasteiger partial charge on any atom is -0.464 e. The molecule has 0 unspecified atom stereocenters. The van der Waals surface area contributed by atoms with Crippen LogP contribution in [0.5, 0.6) is 0 Å². The predicted molar refractivity (Wildman–Crippen MR) is 101 cm³/mol. The molecule has 0 aliphatic rings. The molecule has 0 radical (unpaired) electrons. The lowest BCUT2D eigenvalue weighted by Crippen LogP contribution is -2.12. The number of ether oxygens (including phenoxy) is 1. The molecule has 9 nitrogen and oxygen atoms in total. The van der Waals surface area contributed by atoms with Crippen molar-refractivity contribution in [1.29, 1.82) is 0 Å². The van der Waals surface area contributed by atoms with Gasteiger partial charge in [0.15, 0.2) is 10.8 Å². The molecular weight excluding hydrogens is 368 g/mol. The summed E-state index contributed by atoms with van der Waals surface area (Å²) in [6.07, 6.45) is 0. The van der Waals surface area contributed by atoms with Gasteiger partial charge in [0.2, 0.25) is 0 Å². The van der Waals surface area contributed by atoms with Crippen molar-refractivity contribution < 1.29 is 14.3 Å². The van der Waals surface area contributed by atoms with Gasteiger partial charge in [-0.05, 0) is 33.8 Å². The second-order valence-corrected chi connectivity index (χ2v) is 7.10. The van der Waals surface area contributed by atoms with Crippen LogP contribution in [0.15, 0.2) is 6.07 Å². The van der Waals surface area contributed by atoms with Crippen LogP contribution in [-0.2, 0) is 11.3 Å². The quantitative estimate of drug-likeness (QED) is 0.650. The highest BCUT2D eigenvalue weighted by Gasteiger charge is 2.20. The van der Waals surface area contributed by atoms with Gasteiger partial charge in [-0.1, -0.05) is 0 Å². The summed E-state index contributed by atoms with van der Waals surface area (Å²) in [5, 5.41) is 14.5. The maximum absolute atomic E-state index is 12.5. The highest BCUT2D eigenvalue weighted by atomic mass is 32.1. The molecule has 3 rings (SSSR count). The highest BCUT2D eigenvalue weighted by Crippen LogP contribution is 2.27. The number of aryl methyl sites for hydroxylation is 3. The molecule has 0 atom stereocenters. The Morgan fingerprint density at radius 3 is 2.70 bits per heavy atom. The Labute approximate surface area is 159 Å². The first-order chi connectivity index (χ1) is 12.8. The van der Waals surface area contributed by atoms with Gasteiger partial charge in [0.1, 0.15) is 5.69 Å². The monoisotopic (exact) mass is 388 g/mol. The third-order valence-electron chi connectivity index (χ3n) is 4.16. The smallest absolute Gasteiger partial charge is 0.357 e. The number of carbonyl (C=O) groups excluding carboxylic acids is 2. The number of carbonyl (C=O) groups is 2. The predicted octanol–water partition coefficient (Wildman–Crippen LogP) is 2.71. The minimum atomic E-state index is -0.535. The van der Waals surface area contributed by atoms with Crippen LogP contribution in [0.2, 0.25) is 0 Å². The molecule has 3 aromatic heterocycles. The molecule has 2 N–H and O–H groups in total.